The fraction of sp³-hybridized carbons (Fsp3) is 0.400. The normalized spacial score (nSPS) is 11.2. The van der Waals surface area contributed by atoms with Crippen molar-refractivity contribution in [1.82, 2.24) is 10.3 Å². The molecule has 1 rings (SSSR count). The molecule has 0 aromatic carbocycles. The first-order valence-electron chi connectivity index (χ1n) is 4.57. The third-order valence-electron chi connectivity index (χ3n) is 1.72. The maximum Gasteiger partial charge on any atom is 0.252 e. The Balaban J connectivity index is 2.66. The van der Waals surface area contributed by atoms with Gasteiger partial charge in [-0.05, 0) is 19.9 Å². The number of nitrogens with one attached hydrogen (secondary N) is 1. The molecule has 0 fully saturated rings. The highest BCUT2D eigenvalue weighted by Gasteiger charge is 2.14. The van der Waals surface area contributed by atoms with E-state index >= 15 is 0 Å². The van der Waals surface area contributed by atoms with Crippen molar-refractivity contribution in [3.05, 3.63) is 29.0 Å². The van der Waals surface area contributed by atoms with E-state index < -0.39 is 5.54 Å². The van der Waals surface area contributed by atoms with E-state index in [-0.39, 0.29) is 5.91 Å². The molecule has 3 N–H and O–H groups in total. The molecule has 0 unspecified atom stereocenters. The monoisotopic (exact) mass is 227 g/mol. The van der Waals surface area contributed by atoms with Gasteiger partial charge in [-0.1, -0.05) is 11.6 Å². The first-order valence-corrected chi connectivity index (χ1v) is 4.94. The molecular weight excluding hydrogens is 214 g/mol. The van der Waals surface area contributed by atoms with E-state index in [0.717, 1.165) is 0 Å². The summed E-state index contributed by atoms with van der Waals surface area (Å²) in [5.74, 6) is -0.235. The van der Waals surface area contributed by atoms with Crippen LogP contribution in [0.4, 0.5) is 0 Å². The van der Waals surface area contributed by atoms with E-state index in [9.17, 15) is 4.79 Å². The zero-order valence-electron chi connectivity index (χ0n) is 8.75. The Kier molecular flexibility index (Phi) is 3.66. The first-order chi connectivity index (χ1) is 6.90. The topological polar surface area (TPSA) is 68.0 Å². The third-order valence-corrected chi connectivity index (χ3v) is 2.02. The molecule has 1 heterocycles. The summed E-state index contributed by atoms with van der Waals surface area (Å²) in [6, 6.07) is 1.57. The van der Waals surface area contributed by atoms with Crippen LogP contribution in [0, 0.1) is 0 Å². The Morgan fingerprint density at radius 3 is 2.87 bits per heavy atom. The van der Waals surface area contributed by atoms with E-state index in [4.69, 9.17) is 17.3 Å². The molecule has 0 aliphatic heterocycles. The number of rotatable bonds is 3. The molecule has 4 nitrogen and oxygen atoms in total. The molecule has 0 atom stereocenters. The van der Waals surface area contributed by atoms with Crippen LogP contribution in [0.2, 0.25) is 5.02 Å². The summed E-state index contributed by atoms with van der Waals surface area (Å²) in [5, 5.41) is 3.04. The number of halogens is 1. The SMILES string of the molecule is CC(C)(N)CNC(=O)c1ccncc1Cl. The maximum absolute atomic E-state index is 11.6. The van der Waals surface area contributed by atoms with Crippen molar-refractivity contribution in [2.45, 2.75) is 19.4 Å². The van der Waals surface area contributed by atoms with E-state index in [1.807, 2.05) is 13.8 Å². The summed E-state index contributed by atoms with van der Waals surface area (Å²) >= 11 is 5.81. The summed E-state index contributed by atoms with van der Waals surface area (Å²) < 4.78 is 0. The number of hydrogen-bond acceptors (Lipinski definition) is 3. The lowest BCUT2D eigenvalue weighted by molar-refractivity contribution is 0.0946. The van der Waals surface area contributed by atoms with Crippen LogP contribution in [0.25, 0.3) is 0 Å². The van der Waals surface area contributed by atoms with Crippen molar-refractivity contribution in [1.29, 1.82) is 0 Å². The number of carbonyl (C=O) groups excluding carboxylic acids is 1. The van der Waals surface area contributed by atoms with Gasteiger partial charge in [-0.15, -0.1) is 0 Å². The standard InChI is InChI=1S/C10H14ClN3O/c1-10(2,12)6-14-9(15)7-3-4-13-5-8(7)11/h3-5H,6,12H2,1-2H3,(H,14,15). The zero-order chi connectivity index (χ0) is 11.5. The van der Waals surface area contributed by atoms with E-state index in [0.29, 0.717) is 17.1 Å². The Hall–Kier alpha value is -1.13. The third kappa shape index (κ3) is 3.85. The molecule has 15 heavy (non-hydrogen) atoms. The molecule has 0 aliphatic rings. The largest absolute Gasteiger partial charge is 0.350 e. The minimum absolute atomic E-state index is 0.235. The lowest BCUT2D eigenvalue weighted by Gasteiger charge is -2.18. The van der Waals surface area contributed by atoms with Crippen LogP contribution in [-0.4, -0.2) is 23.0 Å². The molecule has 5 heteroatoms. The average Bonchev–Trinajstić information content (AvgIpc) is 2.14. The van der Waals surface area contributed by atoms with E-state index in [1.54, 1.807) is 6.07 Å². The van der Waals surface area contributed by atoms with E-state index in [1.165, 1.54) is 12.4 Å². The summed E-state index contributed by atoms with van der Waals surface area (Å²) in [4.78, 5) is 15.4. The lowest BCUT2D eigenvalue weighted by Crippen LogP contribution is -2.45. The predicted octanol–water partition coefficient (Wildman–Crippen LogP) is 1.20. The molecule has 1 aromatic heterocycles. The van der Waals surface area contributed by atoms with Crippen LogP contribution in [-0.2, 0) is 0 Å². The van der Waals surface area contributed by atoms with Crippen molar-refractivity contribution < 1.29 is 4.79 Å². The molecule has 0 saturated carbocycles. The van der Waals surface area contributed by atoms with Gasteiger partial charge in [0.15, 0.2) is 0 Å². The second kappa shape index (κ2) is 4.59. The Morgan fingerprint density at radius 1 is 1.67 bits per heavy atom. The highest BCUT2D eigenvalue weighted by Crippen LogP contribution is 2.12. The van der Waals surface area contributed by atoms with Crippen molar-refractivity contribution in [3.63, 3.8) is 0 Å². The molecule has 1 aromatic rings. The van der Waals surface area contributed by atoms with Gasteiger partial charge in [0.1, 0.15) is 0 Å². The number of hydrogen-bond donors (Lipinski definition) is 2. The fourth-order valence-electron chi connectivity index (χ4n) is 0.963. The molecular formula is C10H14ClN3O. The van der Waals surface area contributed by atoms with Gasteiger partial charge in [0.25, 0.3) is 5.91 Å². The van der Waals surface area contributed by atoms with Crippen LogP contribution >= 0.6 is 11.6 Å². The van der Waals surface area contributed by atoms with Gasteiger partial charge in [-0.2, -0.15) is 0 Å². The van der Waals surface area contributed by atoms with Crippen molar-refractivity contribution in [2.24, 2.45) is 5.73 Å². The highest BCUT2D eigenvalue weighted by molar-refractivity contribution is 6.33. The van der Waals surface area contributed by atoms with Gasteiger partial charge in [0, 0.05) is 24.5 Å². The predicted molar refractivity (Wildman–Crippen MR) is 59.8 cm³/mol. The molecule has 1 amide bonds. The molecule has 0 aliphatic carbocycles. The number of nitrogens with two attached hydrogens (primary N) is 1. The molecule has 0 radical (unpaired) electrons. The number of amides is 1. The van der Waals surface area contributed by atoms with Crippen LogP contribution in [0.15, 0.2) is 18.5 Å². The second-order valence-electron chi connectivity index (χ2n) is 4.03. The van der Waals surface area contributed by atoms with E-state index in [2.05, 4.69) is 10.3 Å². The van der Waals surface area contributed by atoms with Gasteiger partial charge in [0.05, 0.1) is 10.6 Å². The van der Waals surface area contributed by atoms with Crippen molar-refractivity contribution in [3.8, 4) is 0 Å². The quantitative estimate of drug-likeness (QED) is 0.816. The van der Waals surface area contributed by atoms with Crippen LogP contribution in [0.3, 0.4) is 0 Å². The van der Waals surface area contributed by atoms with Crippen LogP contribution < -0.4 is 11.1 Å². The summed E-state index contributed by atoms with van der Waals surface area (Å²) in [6.07, 6.45) is 2.96. The molecule has 0 saturated heterocycles. The Morgan fingerprint density at radius 2 is 2.33 bits per heavy atom. The molecule has 0 spiro atoms. The summed E-state index contributed by atoms with van der Waals surface area (Å²) in [5.41, 5.74) is 5.72. The number of carbonyl (C=O) groups is 1. The molecule has 82 valence electrons. The Labute approximate surface area is 93.8 Å². The van der Waals surface area contributed by atoms with Gasteiger partial charge >= 0.3 is 0 Å². The summed E-state index contributed by atoms with van der Waals surface area (Å²) in [7, 11) is 0. The molecule has 0 bridgehead atoms. The van der Waals surface area contributed by atoms with Crippen molar-refractivity contribution in [2.75, 3.05) is 6.54 Å². The number of pyridine rings is 1. The minimum Gasteiger partial charge on any atom is -0.350 e. The smallest absolute Gasteiger partial charge is 0.252 e. The van der Waals surface area contributed by atoms with Gasteiger partial charge in [-0.3, -0.25) is 9.78 Å². The van der Waals surface area contributed by atoms with Crippen LogP contribution in [0.5, 0.6) is 0 Å². The average molecular weight is 228 g/mol. The highest BCUT2D eigenvalue weighted by atomic mass is 35.5. The zero-order valence-corrected chi connectivity index (χ0v) is 9.51. The second-order valence-corrected chi connectivity index (χ2v) is 4.43. The fourth-order valence-corrected chi connectivity index (χ4v) is 1.17. The van der Waals surface area contributed by atoms with Crippen molar-refractivity contribution >= 4 is 17.5 Å². The first kappa shape index (κ1) is 11.9. The van der Waals surface area contributed by atoms with Crippen LogP contribution in [0.1, 0.15) is 24.2 Å². The van der Waals surface area contributed by atoms with Gasteiger partial charge < -0.3 is 11.1 Å². The number of aromatic nitrogens is 1. The number of nitrogens with zero attached hydrogens (tertiary/aromatic N) is 1. The van der Waals surface area contributed by atoms with Gasteiger partial charge in [0.2, 0.25) is 0 Å². The summed E-state index contributed by atoms with van der Waals surface area (Å²) in [6.45, 7) is 4.06. The lowest BCUT2D eigenvalue weighted by atomic mass is 10.1. The van der Waals surface area contributed by atoms with Gasteiger partial charge in [-0.25, -0.2) is 0 Å². The maximum atomic E-state index is 11.6. The Bertz CT molecular complexity index is 360. The minimum atomic E-state index is -0.435.